The van der Waals surface area contributed by atoms with E-state index in [1.807, 2.05) is 32.9 Å². The van der Waals surface area contributed by atoms with Gasteiger partial charge in [-0.3, -0.25) is 4.79 Å². The second-order valence-electron chi connectivity index (χ2n) is 4.91. The summed E-state index contributed by atoms with van der Waals surface area (Å²) in [6.07, 6.45) is 0.675. The van der Waals surface area contributed by atoms with Gasteiger partial charge < -0.3 is 15.8 Å². The van der Waals surface area contributed by atoms with Crippen molar-refractivity contribution >= 4 is 11.6 Å². The van der Waals surface area contributed by atoms with Crippen LogP contribution in [0.25, 0.3) is 0 Å². The number of carbonyl (C=O) groups excluding carboxylic acids is 1. The molecule has 0 heterocycles. The monoisotopic (exact) mass is 250 g/mol. The molecule has 1 aromatic rings. The number of carbonyl (C=O) groups is 1. The topological polar surface area (TPSA) is 64.3 Å². The Bertz CT molecular complexity index is 416. The van der Waals surface area contributed by atoms with Crippen molar-refractivity contribution in [1.82, 2.24) is 0 Å². The van der Waals surface area contributed by atoms with Gasteiger partial charge in [-0.25, -0.2) is 0 Å². The highest BCUT2D eigenvalue weighted by Gasteiger charge is 2.15. The van der Waals surface area contributed by atoms with Crippen LogP contribution < -0.4 is 15.8 Å². The van der Waals surface area contributed by atoms with Crippen LogP contribution in [0.5, 0.6) is 5.75 Å². The third-order valence-electron chi connectivity index (χ3n) is 2.76. The second-order valence-corrected chi connectivity index (χ2v) is 4.91. The number of nitrogens with two attached hydrogens (primary N) is 1. The molecular weight excluding hydrogens is 228 g/mol. The number of ether oxygens (including phenoxy) is 1. The summed E-state index contributed by atoms with van der Waals surface area (Å²) in [6, 6.07) is 5.09. The molecular formula is C14H22N2O2. The summed E-state index contributed by atoms with van der Waals surface area (Å²) in [5, 5.41) is 2.85. The first kappa shape index (κ1) is 14.5. The van der Waals surface area contributed by atoms with Crippen molar-refractivity contribution in [2.24, 2.45) is 11.7 Å². The Hall–Kier alpha value is -1.55. The molecule has 0 aliphatic carbocycles. The first-order valence-electron chi connectivity index (χ1n) is 6.15. The molecule has 0 radical (unpaired) electrons. The number of anilines is 1. The summed E-state index contributed by atoms with van der Waals surface area (Å²) in [5.41, 5.74) is 7.58. The molecule has 100 valence electrons. The molecule has 0 spiro atoms. The van der Waals surface area contributed by atoms with Crippen LogP contribution in [0.4, 0.5) is 5.69 Å². The van der Waals surface area contributed by atoms with Crippen molar-refractivity contribution in [3.8, 4) is 5.75 Å². The maximum Gasteiger partial charge on any atom is 0.241 e. The van der Waals surface area contributed by atoms with Crippen molar-refractivity contribution < 1.29 is 9.53 Å². The first-order valence-corrected chi connectivity index (χ1v) is 6.15. The molecule has 0 unspecified atom stereocenters. The SMILES string of the molecule is COc1ccc(C)c(NC(=O)[C@@H](N)CC(C)C)c1. The molecule has 4 nitrogen and oxygen atoms in total. The van der Waals surface area contributed by atoms with Gasteiger partial charge in [0.1, 0.15) is 5.75 Å². The van der Waals surface area contributed by atoms with Crippen molar-refractivity contribution in [3.05, 3.63) is 23.8 Å². The number of hydrogen-bond donors (Lipinski definition) is 2. The minimum atomic E-state index is -0.476. The highest BCUT2D eigenvalue weighted by Crippen LogP contribution is 2.22. The molecule has 0 aliphatic rings. The van der Waals surface area contributed by atoms with E-state index in [2.05, 4.69) is 5.32 Å². The molecule has 0 aromatic heterocycles. The highest BCUT2D eigenvalue weighted by atomic mass is 16.5. The van der Waals surface area contributed by atoms with Gasteiger partial charge in [0.2, 0.25) is 5.91 Å². The minimum Gasteiger partial charge on any atom is -0.497 e. The quantitative estimate of drug-likeness (QED) is 0.843. The van der Waals surface area contributed by atoms with E-state index in [0.29, 0.717) is 18.1 Å². The van der Waals surface area contributed by atoms with Gasteiger partial charge in [0.25, 0.3) is 0 Å². The number of benzene rings is 1. The number of methoxy groups -OCH3 is 1. The van der Waals surface area contributed by atoms with E-state index in [4.69, 9.17) is 10.5 Å². The summed E-state index contributed by atoms with van der Waals surface area (Å²) in [7, 11) is 1.60. The van der Waals surface area contributed by atoms with Gasteiger partial charge in [-0.05, 0) is 30.9 Å². The molecule has 1 aromatic carbocycles. The number of aryl methyl sites for hydroxylation is 1. The molecule has 0 fully saturated rings. The summed E-state index contributed by atoms with van der Waals surface area (Å²) in [6.45, 7) is 6.02. The standard InChI is InChI=1S/C14H22N2O2/c1-9(2)7-12(15)14(17)16-13-8-11(18-4)6-5-10(13)3/h5-6,8-9,12H,7,15H2,1-4H3,(H,16,17)/t12-/m0/s1. The van der Waals surface area contributed by atoms with E-state index in [1.165, 1.54) is 0 Å². The molecule has 0 saturated carbocycles. The molecule has 0 bridgehead atoms. The van der Waals surface area contributed by atoms with Crippen LogP contribution in [0.1, 0.15) is 25.8 Å². The third kappa shape index (κ3) is 4.04. The van der Waals surface area contributed by atoms with Gasteiger partial charge in [0.15, 0.2) is 0 Å². The second kappa shape index (κ2) is 6.40. The van der Waals surface area contributed by atoms with Gasteiger partial charge in [0, 0.05) is 11.8 Å². The third-order valence-corrected chi connectivity index (χ3v) is 2.76. The molecule has 1 rings (SSSR count). The van der Waals surface area contributed by atoms with E-state index in [0.717, 1.165) is 11.3 Å². The predicted molar refractivity (Wildman–Crippen MR) is 73.8 cm³/mol. The normalized spacial score (nSPS) is 12.3. The van der Waals surface area contributed by atoms with Crippen LogP contribution >= 0.6 is 0 Å². The number of rotatable bonds is 5. The van der Waals surface area contributed by atoms with E-state index in [1.54, 1.807) is 13.2 Å². The zero-order valence-corrected chi connectivity index (χ0v) is 11.5. The molecule has 0 saturated heterocycles. The van der Waals surface area contributed by atoms with Gasteiger partial charge in [-0.15, -0.1) is 0 Å². The fourth-order valence-corrected chi connectivity index (χ4v) is 1.70. The summed E-state index contributed by atoms with van der Waals surface area (Å²) in [4.78, 5) is 11.9. The molecule has 1 atom stereocenters. The number of nitrogens with one attached hydrogen (secondary N) is 1. The van der Waals surface area contributed by atoms with Crippen LogP contribution in [0.2, 0.25) is 0 Å². The van der Waals surface area contributed by atoms with Gasteiger partial charge in [-0.1, -0.05) is 19.9 Å². The molecule has 4 heteroatoms. The van der Waals surface area contributed by atoms with Gasteiger partial charge in [-0.2, -0.15) is 0 Å². The Morgan fingerprint density at radius 1 is 1.44 bits per heavy atom. The Morgan fingerprint density at radius 2 is 2.11 bits per heavy atom. The Balaban J connectivity index is 2.74. The van der Waals surface area contributed by atoms with Crippen LogP contribution in [-0.4, -0.2) is 19.1 Å². The lowest BCUT2D eigenvalue weighted by atomic mass is 10.0. The fraction of sp³-hybridized carbons (Fsp3) is 0.500. The van der Waals surface area contributed by atoms with Crippen molar-refractivity contribution in [2.45, 2.75) is 33.2 Å². The predicted octanol–water partition coefficient (Wildman–Crippen LogP) is 2.32. The average Bonchev–Trinajstić information content (AvgIpc) is 2.31. The van der Waals surface area contributed by atoms with Gasteiger partial charge >= 0.3 is 0 Å². The maximum absolute atomic E-state index is 11.9. The van der Waals surface area contributed by atoms with E-state index in [9.17, 15) is 4.79 Å². The average molecular weight is 250 g/mol. The van der Waals surface area contributed by atoms with Crippen molar-refractivity contribution in [3.63, 3.8) is 0 Å². The molecule has 18 heavy (non-hydrogen) atoms. The summed E-state index contributed by atoms with van der Waals surface area (Å²) >= 11 is 0. The Kier molecular flexibility index (Phi) is 5.16. The maximum atomic E-state index is 11.9. The van der Waals surface area contributed by atoms with E-state index < -0.39 is 6.04 Å². The lowest BCUT2D eigenvalue weighted by Crippen LogP contribution is -2.36. The zero-order chi connectivity index (χ0) is 13.7. The minimum absolute atomic E-state index is 0.153. The van der Waals surface area contributed by atoms with Crippen molar-refractivity contribution in [2.75, 3.05) is 12.4 Å². The molecule has 1 amide bonds. The summed E-state index contributed by atoms with van der Waals surface area (Å²) in [5.74, 6) is 0.963. The first-order chi connectivity index (χ1) is 8.43. The largest absolute Gasteiger partial charge is 0.497 e. The number of hydrogen-bond acceptors (Lipinski definition) is 3. The molecule has 3 N–H and O–H groups in total. The zero-order valence-electron chi connectivity index (χ0n) is 11.5. The van der Waals surface area contributed by atoms with Crippen LogP contribution in [0.15, 0.2) is 18.2 Å². The molecule has 0 aliphatic heterocycles. The van der Waals surface area contributed by atoms with Crippen LogP contribution in [0, 0.1) is 12.8 Å². The Morgan fingerprint density at radius 3 is 2.67 bits per heavy atom. The van der Waals surface area contributed by atoms with Gasteiger partial charge in [0.05, 0.1) is 13.2 Å². The lowest BCUT2D eigenvalue weighted by molar-refractivity contribution is -0.117. The van der Waals surface area contributed by atoms with Crippen molar-refractivity contribution in [1.29, 1.82) is 0 Å². The highest BCUT2D eigenvalue weighted by molar-refractivity contribution is 5.95. The smallest absolute Gasteiger partial charge is 0.241 e. The number of amides is 1. The fourth-order valence-electron chi connectivity index (χ4n) is 1.70. The van der Waals surface area contributed by atoms with Crippen LogP contribution in [0.3, 0.4) is 0 Å². The van der Waals surface area contributed by atoms with E-state index >= 15 is 0 Å². The Labute approximate surface area is 109 Å². The lowest BCUT2D eigenvalue weighted by Gasteiger charge is -2.15. The van der Waals surface area contributed by atoms with Crippen LogP contribution in [-0.2, 0) is 4.79 Å². The summed E-state index contributed by atoms with van der Waals surface area (Å²) < 4.78 is 5.13. The van der Waals surface area contributed by atoms with E-state index in [-0.39, 0.29) is 5.91 Å².